The van der Waals surface area contributed by atoms with Crippen molar-refractivity contribution < 1.29 is 8.42 Å². The highest BCUT2D eigenvalue weighted by Crippen LogP contribution is 2.38. The molecular formula is C13H18Br2N2O2S. The van der Waals surface area contributed by atoms with Gasteiger partial charge in [0.25, 0.3) is 0 Å². The lowest BCUT2D eigenvalue weighted by molar-refractivity contribution is 0.372. The zero-order chi connectivity index (χ0) is 15.1. The lowest BCUT2D eigenvalue weighted by Gasteiger charge is -2.18. The van der Waals surface area contributed by atoms with Crippen molar-refractivity contribution in [2.45, 2.75) is 44.0 Å². The number of nitrogens with two attached hydrogens (primary N) is 1. The van der Waals surface area contributed by atoms with Gasteiger partial charge in [-0.25, -0.2) is 13.1 Å². The Labute approximate surface area is 136 Å². The minimum absolute atomic E-state index is 0.00801. The standard InChI is InChI=1S/C13H18Br2N2O2S/c1-13(2)4-3-9(7-13)17-20(18,19)12-10(14)5-8(16)6-11(12)15/h5-6,9,17H,3-4,7,16H2,1-2H3. The van der Waals surface area contributed by atoms with E-state index in [0.717, 1.165) is 19.3 Å². The molecule has 0 bridgehead atoms. The van der Waals surface area contributed by atoms with Crippen LogP contribution in [0.25, 0.3) is 0 Å². The van der Waals surface area contributed by atoms with Gasteiger partial charge in [-0.1, -0.05) is 13.8 Å². The molecule has 4 nitrogen and oxygen atoms in total. The predicted octanol–water partition coefficient (Wildman–Crippen LogP) is 3.65. The van der Waals surface area contributed by atoms with Gasteiger partial charge < -0.3 is 5.73 Å². The quantitative estimate of drug-likeness (QED) is 0.726. The van der Waals surface area contributed by atoms with Gasteiger partial charge in [0.05, 0.1) is 0 Å². The fraction of sp³-hybridized carbons (Fsp3) is 0.538. The minimum Gasteiger partial charge on any atom is -0.399 e. The van der Waals surface area contributed by atoms with E-state index in [9.17, 15) is 8.42 Å². The summed E-state index contributed by atoms with van der Waals surface area (Å²) in [4.78, 5) is 0.205. The minimum atomic E-state index is -3.57. The number of nitrogen functional groups attached to an aromatic ring is 1. The van der Waals surface area contributed by atoms with Crippen LogP contribution < -0.4 is 10.5 Å². The van der Waals surface area contributed by atoms with E-state index >= 15 is 0 Å². The topological polar surface area (TPSA) is 72.2 Å². The Morgan fingerprint density at radius 3 is 2.30 bits per heavy atom. The van der Waals surface area contributed by atoms with E-state index in [1.54, 1.807) is 12.1 Å². The fourth-order valence-electron chi connectivity index (χ4n) is 2.65. The van der Waals surface area contributed by atoms with Gasteiger partial charge in [-0.15, -0.1) is 0 Å². The van der Waals surface area contributed by atoms with Gasteiger partial charge in [-0.3, -0.25) is 0 Å². The molecule has 1 atom stereocenters. The van der Waals surface area contributed by atoms with E-state index in [1.807, 2.05) is 0 Å². The third-order valence-electron chi connectivity index (χ3n) is 3.58. The summed E-state index contributed by atoms with van der Waals surface area (Å²) >= 11 is 6.55. The Morgan fingerprint density at radius 2 is 1.85 bits per heavy atom. The smallest absolute Gasteiger partial charge is 0.243 e. The molecule has 1 unspecified atom stereocenters. The van der Waals surface area contributed by atoms with Crippen LogP contribution in [0.15, 0.2) is 26.0 Å². The highest BCUT2D eigenvalue weighted by molar-refractivity contribution is 9.11. The monoisotopic (exact) mass is 424 g/mol. The molecule has 3 N–H and O–H groups in total. The van der Waals surface area contributed by atoms with Gasteiger partial charge in [0, 0.05) is 20.7 Å². The van der Waals surface area contributed by atoms with Crippen LogP contribution in [0.4, 0.5) is 5.69 Å². The Bertz CT molecular complexity index is 606. The molecule has 2 rings (SSSR count). The Kier molecular flexibility index (Phi) is 4.54. The van der Waals surface area contributed by atoms with E-state index < -0.39 is 10.0 Å². The second-order valence-corrected chi connectivity index (χ2v) is 9.40. The zero-order valence-corrected chi connectivity index (χ0v) is 15.4. The predicted molar refractivity (Wildman–Crippen MR) is 88.0 cm³/mol. The number of halogens is 2. The number of hydrogen-bond acceptors (Lipinski definition) is 3. The number of benzene rings is 1. The first-order valence-corrected chi connectivity index (χ1v) is 9.44. The lowest BCUT2D eigenvalue weighted by Crippen LogP contribution is -2.34. The maximum atomic E-state index is 12.5. The van der Waals surface area contributed by atoms with Crippen LogP contribution in [0.1, 0.15) is 33.1 Å². The molecule has 0 aromatic heterocycles. The van der Waals surface area contributed by atoms with Crippen LogP contribution >= 0.6 is 31.9 Å². The zero-order valence-electron chi connectivity index (χ0n) is 11.4. The maximum Gasteiger partial charge on any atom is 0.243 e. The highest BCUT2D eigenvalue weighted by atomic mass is 79.9. The second-order valence-electron chi connectivity index (χ2n) is 6.04. The van der Waals surface area contributed by atoms with Crippen LogP contribution in [0.5, 0.6) is 0 Å². The van der Waals surface area contributed by atoms with E-state index in [-0.39, 0.29) is 16.4 Å². The SMILES string of the molecule is CC1(C)CCC(NS(=O)(=O)c2c(Br)cc(N)cc2Br)C1. The van der Waals surface area contributed by atoms with Crippen molar-refractivity contribution in [2.75, 3.05) is 5.73 Å². The number of sulfonamides is 1. The molecule has 20 heavy (non-hydrogen) atoms. The largest absolute Gasteiger partial charge is 0.399 e. The van der Waals surface area contributed by atoms with Gasteiger partial charge in [0.1, 0.15) is 4.90 Å². The first-order chi connectivity index (χ1) is 9.11. The van der Waals surface area contributed by atoms with E-state index in [2.05, 4.69) is 50.4 Å². The number of nitrogens with one attached hydrogen (secondary N) is 1. The van der Waals surface area contributed by atoms with Crippen LogP contribution in [-0.2, 0) is 10.0 Å². The summed E-state index contributed by atoms with van der Waals surface area (Å²) < 4.78 is 28.8. The second kappa shape index (κ2) is 5.59. The number of hydrogen-bond donors (Lipinski definition) is 2. The summed E-state index contributed by atoms with van der Waals surface area (Å²) in [6.45, 7) is 4.33. The third-order valence-corrected chi connectivity index (χ3v) is 6.98. The first kappa shape index (κ1) is 16.3. The summed E-state index contributed by atoms with van der Waals surface area (Å²) in [6, 6.07) is 3.18. The molecule has 0 spiro atoms. The molecule has 0 saturated heterocycles. The summed E-state index contributed by atoms with van der Waals surface area (Å²) in [5, 5.41) is 0. The highest BCUT2D eigenvalue weighted by Gasteiger charge is 2.34. The molecule has 0 radical (unpaired) electrons. The molecule has 1 aliphatic rings. The van der Waals surface area contributed by atoms with Gasteiger partial charge >= 0.3 is 0 Å². The van der Waals surface area contributed by atoms with Gasteiger partial charge in [-0.05, 0) is 68.7 Å². The van der Waals surface area contributed by atoms with Crippen LogP contribution in [-0.4, -0.2) is 14.5 Å². The molecule has 1 aliphatic carbocycles. The van der Waals surface area contributed by atoms with E-state index in [4.69, 9.17) is 5.73 Å². The third kappa shape index (κ3) is 3.55. The molecule has 1 fully saturated rings. The molecular weight excluding hydrogens is 408 g/mol. The van der Waals surface area contributed by atoms with Gasteiger partial charge in [0.2, 0.25) is 10.0 Å². The fourth-order valence-corrected chi connectivity index (χ4v) is 6.54. The van der Waals surface area contributed by atoms with Crippen molar-refractivity contribution in [2.24, 2.45) is 5.41 Å². The van der Waals surface area contributed by atoms with E-state index in [1.165, 1.54) is 0 Å². The Balaban J connectivity index is 2.28. The molecule has 1 aromatic rings. The van der Waals surface area contributed by atoms with Crippen LogP contribution in [0, 0.1) is 5.41 Å². The summed E-state index contributed by atoms with van der Waals surface area (Å²) in [5.74, 6) is 0. The van der Waals surface area contributed by atoms with Gasteiger partial charge in [0.15, 0.2) is 0 Å². The molecule has 0 heterocycles. The Morgan fingerprint density at radius 1 is 1.30 bits per heavy atom. The maximum absolute atomic E-state index is 12.5. The van der Waals surface area contributed by atoms with Crippen molar-refractivity contribution in [3.63, 3.8) is 0 Å². The molecule has 1 aromatic carbocycles. The van der Waals surface area contributed by atoms with E-state index in [0.29, 0.717) is 14.6 Å². The summed E-state index contributed by atoms with van der Waals surface area (Å²) in [5.41, 5.74) is 6.40. The molecule has 0 aliphatic heterocycles. The Hall–Kier alpha value is -0.110. The first-order valence-electron chi connectivity index (χ1n) is 6.38. The van der Waals surface area contributed by atoms with Crippen molar-refractivity contribution in [3.05, 3.63) is 21.1 Å². The number of anilines is 1. The van der Waals surface area contributed by atoms with Crippen LogP contribution in [0.3, 0.4) is 0 Å². The molecule has 1 saturated carbocycles. The van der Waals surface area contributed by atoms with Crippen molar-refractivity contribution in [1.82, 2.24) is 4.72 Å². The van der Waals surface area contributed by atoms with Crippen molar-refractivity contribution in [3.8, 4) is 0 Å². The molecule has 7 heteroatoms. The molecule has 0 amide bonds. The van der Waals surface area contributed by atoms with Crippen LogP contribution in [0.2, 0.25) is 0 Å². The van der Waals surface area contributed by atoms with Crippen molar-refractivity contribution in [1.29, 1.82) is 0 Å². The van der Waals surface area contributed by atoms with Crippen molar-refractivity contribution >= 4 is 47.6 Å². The summed E-state index contributed by atoms with van der Waals surface area (Å²) in [6.07, 6.45) is 2.76. The average Bonchev–Trinajstić information content (AvgIpc) is 2.54. The van der Waals surface area contributed by atoms with Gasteiger partial charge in [-0.2, -0.15) is 0 Å². The average molecular weight is 426 g/mol. The normalized spacial score (nSPS) is 22.1. The molecule has 112 valence electrons. The lowest BCUT2D eigenvalue weighted by atomic mass is 9.92. The summed E-state index contributed by atoms with van der Waals surface area (Å²) in [7, 11) is -3.57. The number of rotatable bonds is 3.